The van der Waals surface area contributed by atoms with Gasteiger partial charge in [-0.15, -0.1) is 5.10 Å². The summed E-state index contributed by atoms with van der Waals surface area (Å²) >= 11 is 0. The van der Waals surface area contributed by atoms with E-state index in [1.165, 1.54) is 0 Å². The Labute approximate surface area is 81.9 Å². The van der Waals surface area contributed by atoms with Gasteiger partial charge in [-0.2, -0.15) is 5.10 Å². The molecule has 0 aliphatic rings. The summed E-state index contributed by atoms with van der Waals surface area (Å²) in [5.41, 5.74) is 6.62. The molecule has 0 aromatic carbocycles. The van der Waals surface area contributed by atoms with Gasteiger partial charge >= 0.3 is 0 Å². The van der Waals surface area contributed by atoms with E-state index in [1.54, 1.807) is 6.92 Å². The van der Waals surface area contributed by atoms with Gasteiger partial charge in [-0.05, 0) is 20.8 Å². The van der Waals surface area contributed by atoms with Crippen LogP contribution in [-0.2, 0) is 4.79 Å². The second-order valence-corrected chi connectivity index (χ2v) is 3.07. The lowest BCUT2D eigenvalue weighted by molar-refractivity contribution is -0.118. The molecular weight excluding hydrogens is 182 g/mol. The fraction of sp³-hybridized carbons (Fsp3) is 0.500. The van der Waals surface area contributed by atoms with Crippen LogP contribution in [0.2, 0.25) is 0 Å². The second-order valence-electron chi connectivity index (χ2n) is 3.07. The minimum atomic E-state index is -0.501. The number of nitrogens with one attached hydrogen (secondary N) is 1. The molecule has 0 saturated carbocycles. The third kappa shape index (κ3) is 2.38. The zero-order chi connectivity index (χ0) is 10.7. The van der Waals surface area contributed by atoms with Gasteiger partial charge in [-0.25, -0.2) is 4.98 Å². The first kappa shape index (κ1) is 10.4. The Hall–Kier alpha value is -1.72. The summed E-state index contributed by atoms with van der Waals surface area (Å²) in [7, 11) is 0. The number of anilines is 1. The number of rotatable bonds is 3. The van der Waals surface area contributed by atoms with Crippen LogP contribution in [-0.4, -0.2) is 27.1 Å². The van der Waals surface area contributed by atoms with Gasteiger partial charge in [0.2, 0.25) is 11.9 Å². The number of carbonyl (C=O) groups excluding carboxylic acids is 1. The van der Waals surface area contributed by atoms with E-state index in [-0.39, 0.29) is 0 Å². The quantitative estimate of drug-likeness (QED) is 0.695. The number of hydrogen-bond acceptors (Lipinski definition) is 5. The molecule has 0 fully saturated rings. The number of nitrogens with two attached hydrogens (primary N) is 1. The number of aryl methyl sites for hydroxylation is 2. The molecule has 6 nitrogen and oxygen atoms in total. The Balaban J connectivity index is 2.78. The molecule has 3 N–H and O–H groups in total. The lowest BCUT2D eigenvalue weighted by atomic mass is 10.3. The molecule has 6 heteroatoms. The number of carbonyl (C=O) groups is 1. The molecule has 1 amide bonds. The Morgan fingerprint density at radius 3 is 2.50 bits per heavy atom. The predicted octanol–water partition coefficient (Wildman–Crippen LogP) is -0.226. The summed E-state index contributed by atoms with van der Waals surface area (Å²) in [6.45, 7) is 5.28. The van der Waals surface area contributed by atoms with Crippen molar-refractivity contribution in [1.82, 2.24) is 15.2 Å². The zero-order valence-corrected chi connectivity index (χ0v) is 8.40. The predicted molar refractivity (Wildman–Crippen MR) is 51.6 cm³/mol. The van der Waals surface area contributed by atoms with E-state index in [2.05, 4.69) is 20.5 Å². The molecule has 0 saturated heterocycles. The fourth-order valence-corrected chi connectivity index (χ4v) is 0.783. The van der Waals surface area contributed by atoms with Crippen LogP contribution in [0.15, 0.2) is 0 Å². The average molecular weight is 195 g/mol. The molecule has 1 heterocycles. The summed E-state index contributed by atoms with van der Waals surface area (Å²) in [5.74, 6) is -0.133. The lowest BCUT2D eigenvalue weighted by Crippen LogP contribution is -2.33. The smallest absolute Gasteiger partial charge is 0.243 e. The van der Waals surface area contributed by atoms with Gasteiger partial charge in [0, 0.05) is 0 Å². The summed E-state index contributed by atoms with van der Waals surface area (Å²) in [6, 6.07) is -0.501. The summed E-state index contributed by atoms with van der Waals surface area (Å²) < 4.78 is 0. The van der Waals surface area contributed by atoms with Crippen molar-refractivity contribution < 1.29 is 4.79 Å². The van der Waals surface area contributed by atoms with Crippen LogP contribution in [0.5, 0.6) is 0 Å². The highest BCUT2D eigenvalue weighted by atomic mass is 16.1. The average Bonchev–Trinajstić information content (AvgIpc) is 2.11. The minimum Gasteiger partial charge on any atom is -0.368 e. The first-order chi connectivity index (χ1) is 6.50. The van der Waals surface area contributed by atoms with E-state index in [0.29, 0.717) is 5.95 Å². The molecule has 1 aromatic rings. The fourth-order valence-electron chi connectivity index (χ4n) is 0.783. The summed E-state index contributed by atoms with van der Waals surface area (Å²) in [6.07, 6.45) is 0. The van der Waals surface area contributed by atoms with Crippen molar-refractivity contribution in [3.05, 3.63) is 11.4 Å². The maximum atomic E-state index is 10.7. The number of nitrogens with zero attached hydrogens (tertiary/aromatic N) is 3. The number of aromatic nitrogens is 3. The maximum absolute atomic E-state index is 10.7. The van der Waals surface area contributed by atoms with Crippen LogP contribution >= 0.6 is 0 Å². The van der Waals surface area contributed by atoms with Gasteiger partial charge < -0.3 is 11.1 Å². The van der Waals surface area contributed by atoms with Crippen LogP contribution < -0.4 is 11.1 Å². The van der Waals surface area contributed by atoms with Crippen molar-refractivity contribution in [3.8, 4) is 0 Å². The molecule has 14 heavy (non-hydrogen) atoms. The molecule has 1 atom stereocenters. The molecule has 0 aliphatic carbocycles. The first-order valence-electron chi connectivity index (χ1n) is 4.24. The third-order valence-corrected chi connectivity index (χ3v) is 1.86. The SMILES string of the molecule is Cc1nnc(NC(C)C(N)=O)nc1C. The van der Waals surface area contributed by atoms with Gasteiger partial charge in [-0.1, -0.05) is 0 Å². The lowest BCUT2D eigenvalue weighted by Gasteiger charge is -2.09. The standard InChI is InChI=1S/C8H13N5O/c1-4-5(2)12-13-8(10-4)11-6(3)7(9)14/h6H,1-3H3,(H2,9,14)(H,10,11,13). The van der Waals surface area contributed by atoms with E-state index in [9.17, 15) is 4.79 Å². The molecule has 1 aromatic heterocycles. The Bertz CT molecular complexity index is 352. The largest absolute Gasteiger partial charge is 0.368 e. The van der Waals surface area contributed by atoms with Crippen molar-refractivity contribution in [2.24, 2.45) is 5.73 Å². The number of hydrogen-bond donors (Lipinski definition) is 2. The van der Waals surface area contributed by atoms with Crippen LogP contribution in [0, 0.1) is 13.8 Å². The van der Waals surface area contributed by atoms with E-state index in [0.717, 1.165) is 11.4 Å². The second kappa shape index (κ2) is 3.99. The number of primary amides is 1. The Kier molecular flexibility index (Phi) is 2.95. The van der Waals surface area contributed by atoms with Crippen molar-refractivity contribution in [3.63, 3.8) is 0 Å². The molecule has 76 valence electrons. The Morgan fingerprint density at radius 1 is 1.36 bits per heavy atom. The molecule has 0 aliphatic heterocycles. The highest BCUT2D eigenvalue weighted by Crippen LogP contribution is 2.02. The van der Waals surface area contributed by atoms with E-state index >= 15 is 0 Å². The summed E-state index contributed by atoms with van der Waals surface area (Å²) in [4.78, 5) is 14.8. The highest BCUT2D eigenvalue weighted by Gasteiger charge is 2.10. The molecule has 1 unspecified atom stereocenters. The molecule has 1 rings (SSSR count). The highest BCUT2D eigenvalue weighted by molar-refractivity contribution is 5.81. The van der Waals surface area contributed by atoms with E-state index in [4.69, 9.17) is 5.73 Å². The van der Waals surface area contributed by atoms with Crippen molar-refractivity contribution >= 4 is 11.9 Å². The molecule has 0 spiro atoms. The number of amides is 1. The Morgan fingerprint density at radius 2 is 2.00 bits per heavy atom. The van der Waals surface area contributed by atoms with Crippen LogP contribution in [0.4, 0.5) is 5.95 Å². The first-order valence-corrected chi connectivity index (χ1v) is 4.24. The van der Waals surface area contributed by atoms with E-state index in [1.807, 2.05) is 13.8 Å². The maximum Gasteiger partial charge on any atom is 0.243 e. The van der Waals surface area contributed by atoms with Crippen molar-refractivity contribution in [2.45, 2.75) is 26.8 Å². The van der Waals surface area contributed by atoms with Crippen LogP contribution in [0.25, 0.3) is 0 Å². The topological polar surface area (TPSA) is 93.8 Å². The van der Waals surface area contributed by atoms with Gasteiger partial charge in [0.25, 0.3) is 0 Å². The van der Waals surface area contributed by atoms with Gasteiger partial charge in [-0.3, -0.25) is 4.79 Å². The minimum absolute atomic E-state index is 0.319. The van der Waals surface area contributed by atoms with Crippen LogP contribution in [0.3, 0.4) is 0 Å². The zero-order valence-electron chi connectivity index (χ0n) is 8.40. The van der Waals surface area contributed by atoms with Gasteiger partial charge in [0.1, 0.15) is 6.04 Å². The van der Waals surface area contributed by atoms with Crippen molar-refractivity contribution in [1.29, 1.82) is 0 Å². The van der Waals surface area contributed by atoms with Crippen LogP contribution in [0.1, 0.15) is 18.3 Å². The molecule has 0 radical (unpaired) electrons. The van der Waals surface area contributed by atoms with Gasteiger partial charge in [0.15, 0.2) is 0 Å². The van der Waals surface area contributed by atoms with Gasteiger partial charge in [0.05, 0.1) is 11.4 Å². The third-order valence-electron chi connectivity index (χ3n) is 1.86. The normalized spacial score (nSPS) is 12.2. The monoisotopic (exact) mass is 195 g/mol. The molecular formula is C8H13N5O. The van der Waals surface area contributed by atoms with Crippen molar-refractivity contribution in [2.75, 3.05) is 5.32 Å². The molecule has 0 bridgehead atoms. The summed E-state index contributed by atoms with van der Waals surface area (Å²) in [5, 5.41) is 10.4. The van der Waals surface area contributed by atoms with E-state index < -0.39 is 11.9 Å².